The summed E-state index contributed by atoms with van der Waals surface area (Å²) in [5.41, 5.74) is 2.71. The van der Waals surface area contributed by atoms with Crippen molar-refractivity contribution >= 4 is 6.08 Å². The molecule has 1 heterocycles. The molecule has 2 nitrogen and oxygen atoms in total. The van der Waals surface area contributed by atoms with Gasteiger partial charge < -0.3 is 5.32 Å². The van der Waals surface area contributed by atoms with Crippen molar-refractivity contribution in [3.8, 4) is 0 Å². The predicted molar refractivity (Wildman–Crippen MR) is 78.9 cm³/mol. The van der Waals surface area contributed by atoms with Crippen LogP contribution in [0.4, 0.5) is 0 Å². The largest absolute Gasteiger partial charge is 0.314 e. The Kier molecular flexibility index (Phi) is 4.97. The van der Waals surface area contributed by atoms with Crippen molar-refractivity contribution in [3.05, 3.63) is 41.5 Å². The molecule has 1 saturated heterocycles. The number of rotatable bonds is 4. The molecule has 0 saturated carbocycles. The molecule has 1 aliphatic rings. The van der Waals surface area contributed by atoms with Gasteiger partial charge in [-0.25, -0.2) is 0 Å². The number of hydrogen-bond donors (Lipinski definition) is 1. The van der Waals surface area contributed by atoms with Crippen molar-refractivity contribution in [1.29, 1.82) is 0 Å². The Morgan fingerprint density at radius 3 is 2.44 bits per heavy atom. The first-order valence-corrected chi connectivity index (χ1v) is 6.95. The van der Waals surface area contributed by atoms with Gasteiger partial charge in [-0.3, -0.25) is 4.90 Å². The van der Waals surface area contributed by atoms with E-state index in [1.54, 1.807) is 0 Å². The Hall–Kier alpha value is -1.12. The average molecular weight is 244 g/mol. The fourth-order valence-electron chi connectivity index (χ4n) is 2.22. The standard InChI is InChI=1S/C16H24N2/c1-14(2)16-7-5-15(6-8-16)4-3-11-18-12-9-17-10-13-18/h3-8,14,17H,9-13H2,1-2H3/b4-3+. The molecular weight excluding hydrogens is 220 g/mol. The molecular formula is C16H24N2. The highest BCUT2D eigenvalue weighted by molar-refractivity contribution is 5.50. The Balaban J connectivity index is 1.84. The van der Waals surface area contributed by atoms with E-state index in [1.165, 1.54) is 11.1 Å². The van der Waals surface area contributed by atoms with Gasteiger partial charge in [0.2, 0.25) is 0 Å². The van der Waals surface area contributed by atoms with Crippen molar-refractivity contribution in [3.63, 3.8) is 0 Å². The summed E-state index contributed by atoms with van der Waals surface area (Å²) >= 11 is 0. The number of benzene rings is 1. The second kappa shape index (κ2) is 6.72. The van der Waals surface area contributed by atoms with Crippen molar-refractivity contribution in [2.24, 2.45) is 0 Å². The van der Waals surface area contributed by atoms with E-state index in [4.69, 9.17) is 0 Å². The lowest BCUT2D eigenvalue weighted by molar-refractivity contribution is 0.265. The molecule has 0 radical (unpaired) electrons. The van der Waals surface area contributed by atoms with Crippen molar-refractivity contribution < 1.29 is 0 Å². The number of piperazine rings is 1. The first kappa shape index (κ1) is 13.3. The van der Waals surface area contributed by atoms with E-state index in [0.717, 1.165) is 32.7 Å². The van der Waals surface area contributed by atoms with Gasteiger partial charge in [0.25, 0.3) is 0 Å². The van der Waals surface area contributed by atoms with Crippen LogP contribution in [0.5, 0.6) is 0 Å². The third kappa shape index (κ3) is 3.97. The van der Waals surface area contributed by atoms with Gasteiger partial charge in [0.1, 0.15) is 0 Å². The molecule has 2 rings (SSSR count). The van der Waals surface area contributed by atoms with Gasteiger partial charge in [0.15, 0.2) is 0 Å². The summed E-state index contributed by atoms with van der Waals surface area (Å²) in [7, 11) is 0. The van der Waals surface area contributed by atoms with Crippen LogP contribution in [0.1, 0.15) is 30.9 Å². The van der Waals surface area contributed by atoms with E-state index in [1.807, 2.05) is 0 Å². The number of hydrogen-bond acceptors (Lipinski definition) is 2. The fraction of sp³-hybridized carbons (Fsp3) is 0.500. The van der Waals surface area contributed by atoms with Crippen LogP contribution in [0.25, 0.3) is 6.08 Å². The van der Waals surface area contributed by atoms with Crippen molar-refractivity contribution in [2.75, 3.05) is 32.7 Å². The summed E-state index contributed by atoms with van der Waals surface area (Å²) in [6.45, 7) is 10.1. The number of nitrogens with zero attached hydrogens (tertiary/aromatic N) is 1. The molecule has 0 amide bonds. The zero-order valence-corrected chi connectivity index (χ0v) is 11.5. The van der Waals surface area contributed by atoms with E-state index in [-0.39, 0.29) is 0 Å². The molecule has 1 aromatic carbocycles. The molecule has 1 aromatic rings. The van der Waals surface area contributed by atoms with Crippen LogP contribution in [0.3, 0.4) is 0 Å². The quantitative estimate of drug-likeness (QED) is 0.876. The lowest BCUT2D eigenvalue weighted by atomic mass is 10.0. The van der Waals surface area contributed by atoms with Gasteiger partial charge in [-0.2, -0.15) is 0 Å². The fourth-order valence-corrected chi connectivity index (χ4v) is 2.22. The maximum atomic E-state index is 3.37. The molecule has 0 spiro atoms. The average Bonchev–Trinajstić information content (AvgIpc) is 2.40. The zero-order valence-electron chi connectivity index (χ0n) is 11.5. The van der Waals surface area contributed by atoms with Crippen molar-refractivity contribution in [2.45, 2.75) is 19.8 Å². The molecule has 0 aliphatic carbocycles. The third-order valence-electron chi connectivity index (χ3n) is 3.49. The summed E-state index contributed by atoms with van der Waals surface area (Å²) in [5, 5.41) is 3.37. The van der Waals surface area contributed by atoms with Gasteiger partial charge in [-0.1, -0.05) is 50.3 Å². The van der Waals surface area contributed by atoms with Gasteiger partial charge in [-0.05, 0) is 17.0 Å². The molecule has 98 valence electrons. The predicted octanol–water partition coefficient (Wildman–Crippen LogP) is 2.73. The molecule has 0 bridgehead atoms. The van der Waals surface area contributed by atoms with E-state index in [0.29, 0.717) is 5.92 Å². The summed E-state index contributed by atoms with van der Waals surface area (Å²) in [5.74, 6) is 0.615. The first-order valence-electron chi connectivity index (χ1n) is 6.95. The lowest BCUT2D eigenvalue weighted by Gasteiger charge is -2.25. The van der Waals surface area contributed by atoms with Gasteiger partial charge in [0.05, 0.1) is 0 Å². The van der Waals surface area contributed by atoms with Crippen LogP contribution in [0.2, 0.25) is 0 Å². The Morgan fingerprint density at radius 2 is 1.83 bits per heavy atom. The highest BCUT2D eigenvalue weighted by Crippen LogP contribution is 2.15. The summed E-state index contributed by atoms with van der Waals surface area (Å²) in [6, 6.07) is 8.89. The highest BCUT2D eigenvalue weighted by Gasteiger charge is 2.06. The van der Waals surface area contributed by atoms with Crippen molar-refractivity contribution in [1.82, 2.24) is 10.2 Å². The zero-order chi connectivity index (χ0) is 12.8. The van der Waals surface area contributed by atoms with Crippen LogP contribution in [0.15, 0.2) is 30.3 Å². The summed E-state index contributed by atoms with van der Waals surface area (Å²) < 4.78 is 0. The van der Waals surface area contributed by atoms with E-state index in [2.05, 4.69) is 60.5 Å². The molecule has 2 heteroatoms. The van der Waals surface area contributed by atoms with Crippen LogP contribution in [-0.4, -0.2) is 37.6 Å². The minimum absolute atomic E-state index is 0.615. The minimum Gasteiger partial charge on any atom is -0.314 e. The van der Waals surface area contributed by atoms with Crippen LogP contribution in [-0.2, 0) is 0 Å². The van der Waals surface area contributed by atoms with Crippen LogP contribution < -0.4 is 5.32 Å². The third-order valence-corrected chi connectivity index (χ3v) is 3.49. The smallest absolute Gasteiger partial charge is 0.0167 e. The topological polar surface area (TPSA) is 15.3 Å². The monoisotopic (exact) mass is 244 g/mol. The molecule has 0 unspecified atom stereocenters. The minimum atomic E-state index is 0.615. The Labute approximate surface area is 111 Å². The van der Waals surface area contributed by atoms with E-state index in [9.17, 15) is 0 Å². The maximum absolute atomic E-state index is 3.37. The van der Waals surface area contributed by atoms with Crippen LogP contribution >= 0.6 is 0 Å². The highest BCUT2D eigenvalue weighted by atomic mass is 15.2. The summed E-state index contributed by atoms with van der Waals surface area (Å²) in [6.07, 6.45) is 4.50. The van der Waals surface area contributed by atoms with E-state index >= 15 is 0 Å². The van der Waals surface area contributed by atoms with Gasteiger partial charge in [-0.15, -0.1) is 0 Å². The van der Waals surface area contributed by atoms with E-state index < -0.39 is 0 Å². The Bertz CT molecular complexity index is 373. The molecule has 0 aromatic heterocycles. The maximum Gasteiger partial charge on any atom is 0.0167 e. The van der Waals surface area contributed by atoms with Gasteiger partial charge in [0, 0.05) is 32.7 Å². The first-order chi connectivity index (χ1) is 8.75. The second-order valence-electron chi connectivity index (χ2n) is 5.27. The normalized spacial score (nSPS) is 17.7. The number of nitrogens with one attached hydrogen (secondary N) is 1. The van der Waals surface area contributed by atoms with Crippen LogP contribution in [0, 0.1) is 0 Å². The van der Waals surface area contributed by atoms with Gasteiger partial charge >= 0.3 is 0 Å². The summed E-state index contributed by atoms with van der Waals surface area (Å²) in [4.78, 5) is 2.48. The Morgan fingerprint density at radius 1 is 1.17 bits per heavy atom. The molecule has 18 heavy (non-hydrogen) atoms. The molecule has 0 atom stereocenters. The molecule has 1 aliphatic heterocycles. The second-order valence-corrected chi connectivity index (χ2v) is 5.27. The SMILES string of the molecule is CC(C)c1ccc(/C=C/CN2CCNCC2)cc1. The molecule has 1 fully saturated rings. The lowest BCUT2D eigenvalue weighted by Crippen LogP contribution is -2.43. The molecule has 1 N–H and O–H groups in total.